The van der Waals surface area contributed by atoms with Gasteiger partial charge in [0, 0.05) is 38.1 Å². The van der Waals surface area contributed by atoms with Crippen LogP contribution in [-0.2, 0) is 17.0 Å². The summed E-state index contributed by atoms with van der Waals surface area (Å²) in [5.74, 6) is 9.12. The summed E-state index contributed by atoms with van der Waals surface area (Å²) in [6.07, 6.45) is 5.72. The largest absolute Gasteiger partial charge is 0.381 e. The zero-order valence-electron chi connectivity index (χ0n) is 12.1. The molecule has 2 aromatic rings. The number of hydrogen-bond donors (Lipinski definition) is 1. The molecule has 7 nitrogen and oxygen atoms in total. The van der Waals surface area contributed by atoms with E-state index >= 15 is 0 Å². The summed E-state index contributed by atoms with van der Waals surface area (Å²) in [5, 5.41) is 9.22. The fourth-order valence-electron chi connectivity index (χ4n) is 2.52. The SMILES string of the molecule is CCn1ccnc1CSc1nnc(C2CCOCC2)n1N. The van der Waals surface area contributed by atoms with Gasteiger partial charge in [0.1, 0.15) is 5.82 Å². The van der Waals surface area contributed by atoms with Gasteiger partial charge >= 0.3 is 0 Å². The number of aromatic nitrogens is 5. The fraction of sp³-hybridized carbons (Fsp3) is 0.615. The molecule has 0 amide bonds. The number of imidazole rings is 1. The van der Waals surface area contributed by atoms with E-state index in [1.54, 1.807) is 16.4 Å². The Morgan fingerprint density at radius 2 is 2.19 bits per heavy atom. The summed E-state index contributed by atoms with van der Waals surface area (Å²) in [5.41, 5.74) is 0. The van der Waals surface area contributed by atoms with E-state index in [4.69, 9.17) is 10.6 Å². The monoisotopic (exact) mass is 308 g/mol. The lowest BCUT2D eigenvalue weighted by atomic mass is 10.00. The van der Waals surface area contributed by atoms with Gasteiger partial charge in [0.25, 0.3) is 0 Å². The summed E-state index contributed by atoms with van der Waals surface area (Å²) in [7, 11) is 0. The predicted molar refractivity (Wildman–Crippen MR) is 80.4 cm³/mol. The molecule has 0 radical (unpaired) electrons. The summed E-state index contributed by atoms with van der Waals surface area (Å²) >= 11 is 1.57. The molecule has 2 aromatic heterocycles. The van der Waals surface area contributed by atoms with Gasteiger partial charge in [0.15, 0.2) is 5.82 Å². The summed E-state index contributed by atoms with van der Waals surface area (Å²) in [6, 6.07) is 0. The molecule has 0 aromatic carbocycles. The number of rotatable bonds is 5. The Kier molecular flexibility index (Phi) is 4.45. The molecular weight excluding hydrogens is 288 g/mol. The van der Waals surface area contributed by atoms with Gasteiger partial charge in [-0.2, -0.15) is 0 Å². The maximum atomic E-state index is 6.15. The average Bonchev–Trinajstić information content (AvgIpc) is 3.12. The lowest BCUT2D eigenvalue weighted by molar-refractivity contribution is 0.0830. The molecule has 0 atom stereocenters. The molecule has 0 bridgehead atoms. The molecule has 1 aliphatic heterocycles. The van der Waals surface area contributed by atoms with Crippen molar-refractivity contribution in [3.8, 4) is 0 Å². The van der Waals surface area contributed by atoms with Crippen LogP contribution in [0.5, 0.6) is 0 Å². The molecule has 3 rings (SSSR count). The van der Waals surface area contributed by atoms with E-state index in [0.29, 0.717) is 5.92 Å². The maximum absolute atomic E-state index is 6.15. The first-order chi connectivity index (χ1) is 10.3. The van der Waals surface area contributed by atoms with E-state index in [0.717, 1.165) is 55.2 Å². The van der Waals surface area contributed by atoms with Gasteiger partial charge in [-0.3, -0.25) is 0 Å². The highest BCUT2D eigenvalue weighted by Crippen LogP contribution is 2.27. The van der Waals surface area contributed by atoms with Crippen LogP contribution in [0.15, 0.2) is 17.6 Å². The molecule has 2 N–H and O–H groups in total. The smallest absolute Gasteiger partial charge is 0.210 e. The van der Waals surface area contributed by atoms with Crippen molar-refractivity contribution in [1.82, 2.24) is 24.4 Å². The Bertz CT molecular complexity index is 589. The summed E-state index contributed by atoms with van der Waals surface area (Å²) < 4.78 is 9.11. The quantitative estimate of drug-likeness (QED) is 0.664. The van der Waals surface area contributed by atoms with Gasteiger partial charge in [0.2, 0.25) is 5.16 Å². The second-order valence-corrected chi connectivity index (χ2v) is 5.96. The van der Waals surface area contributed by atoms with Crippen LogP contribution in [0.25, 0.3) is 0 Å². The van der Waals surface area contributed by atoms with Crippen molar-refractivity contribution < 1.29 is 4.74 Å². The van der Waals surface area contributed by atoms with Crippen LogP contribution in [0.2, 0.25) is 0 Å². The van der Waals surface area contributed by atoms with Crippen LogP contribution < -0.4 is 5.84 Å². The molecule has 1 saturated heterocycles. The minimum atomic E-state index is 0.350. The van der Waals surface area contributed by atoms with Gasteiger partial charge in [0.05, 0.1) is 5.75 Å². The van der Waals surface area contributed by atoms with Gasteiger partial charge in [-0.15, -0.1) is 10.2 Å². The zero-order valence-corrected chi connectivity index (χ0v) is 12.9. The number of nitrogen functional groups attached to an aromatic ring is 1. The van der Waals surface area contributed by atoms with Crippen LogP contribution in [0.1, 0.15) is 37.3 Å². The summed E-state index contributed by atoms with van der Waals surface area (Å²) in [6.45, 7) is 4.56. The Balaban J connectivity index is 1.67. The Labute approximate surface area is 127 Å². The van der Waals surface area contributed by atoms with Crippen LogP contribution in [0.4, 0.5) is 0 Å². The van der Waals surface area contributed by atoms with Crippen LogP contribution in [0.3, 0.4) is 0 Å². The molecule has 8 heteroatoms. The molecule has 0 saturated carbocycles. The van der Waals surface area contributed by atoms with Crippen molar-refractivity contribution in [3.05, 3.63) is 24.0 Å². The molecule has 3 heterocycles. The first-order valence-electron chi connectivity index (χ1n) is 7.20. The van der Waals surface area contributed by atoms with Gasteiger partial charge < -0.3 is 15.1 Å². The van der Waals surface area contributed by atoms with Gasteiger partial charge in [-0.25, -0.2) is 9.66 Å². The van der Waals surface area contributed by atoms with Gasteiger partial charge in [-0.05, 0) is 19.8 Å². The minimum Gasteiger partial charge on any atom is -0.381 e. The number of thioether (sulfide) groups is 1. The van der Waals surface area contributed by atoms with Crippen LogP contribution in [-0.4, -0.2) is 37.6 Å². The second-order valence-electron chi connectivity index (χ2n) is 5.02. The first kappa shape index (κ1) is 14.4. The molecular formula is C13H20N6OS. The van der Waals surface area contributed by atoms with E-state index in [1.807, 2.05) is 12.4 Å². The highest BCUT2D eigenvalue weighted by Gasteiger charge is 2.23. The average molecular weight is 308 g/mol. The van der Waals surface area contributed by atoms with E-state index in [9.17, 15) is 0 Å². The third kappa shape index (κ3) is 3.06. The van der Waals surface area contributed by atoms with Gasteiger partial charge in [-0.1, -0.05) is 11.8 Å². The lowest BCUT2D eigenvalue weighted by Gasteiger charge is -2.20. The van der Waals surface area contributed by atoms with E-state index in [2.05, 4.69) is 26.7 Å². The number of aryl methyl sites for hydroxylation is 1. The third-order valence-electron chi connectivity index (χ3n) is 3.75. The molecule has 0 aliphatic carbocycles. The van der Waals surface area contributed by atoms with Crippen molar-refractivity contribution in [1.29, 1.82) is 0 Å². The number of nitrogens with zero attached hydrogens (tertiary/aromatic N) is 5. The number of ether oxygens (including phenoxy) is 1. The molecule has 1 fully saturated rings. The second kappa shape index (κ2) is 6.48. The highest BCUT2D eigenvalue weighted by atomic mass is 32.2. The van der Waals surface area contributed by atoms with Crippen molar-refractivity contribution in [2.24, 2.45) is 0 Å². The number of nitrogens with two attached hydrogens (primary N) is 1. The molecule has 1 aliphatic rings. The minimum absolute atomic E-state index is 0.350. The van der Waals surface area contributed by atoms with E-state index in [1.165, 1.54) is 0 Å². The van der Waals surface area contributed by atoms with Crippen molar-refractivity contribution in [3.63, 3.8) is 0 Å². The first-order valence-corrected chi connectivity index (χ1v) is 8.19. The predicted octanol–water partition coefficient (Wildman–Crippen LogP) is 1.39. The number of hydrogen-bond acceptors (Lipinski definition) is 6. The lowest BCUT2D eigenvalue weighted by Crippen LogP contribution is -2.22. The molecule has 0 unspecified atom stereocenters. The fourth-order valence-corrected chi connectivity index (χ4v) is 3.35. The van der Waals surface area contributed by atoms with Crippen LogP contribution in [0, 0.1) is 0 Å². The third-order valence-corrected chi connectivity index (χ3v) is 4.69. The highest BCUT2D eigenvalue weighted by molar-refractivity contribution is 7.98. The van der Waals surface area contributed by atoms with Crippen molar-refractivity contribution in [2.75, 3.05) is 19.1 Å². The maximum Gasteiger partial charge on any atom is 0.210 e. The molecule has 21 heavy (non-hydrogen) atoms. The Morgan fingerprint density at radius 3 is 2.95 bits per heavy atom. The van der Waals surface area contributed by atoms with Crippen molar-refractivity contribution >= 4 is 11.8 Å². The molecule has 0 spiro atoms. The van der Waals surface area contributed by atoms with Crippen LogP contribution >= 0.6 is 11.8 Å². The van der Waals surface area contributed by atoms with E-state index < -0.39 is 0 Å². The van der Waals surface area contributed by atoms with E-state index in [-0.39, 0.29) is 0 Å². The normalized spacial score (nSPS) is 16.4. The Morgan fingerprint density at radius 1 is 1.38 bits per heavy atom. The summed E-state index contributed by atoms with van der Waals surface area (Å²) in [4.78, 5) is 4.36. The Hall–Kier alpha value is -1.54. The standard InChI is InChI=1S/C13H20N6OS/c1-2-18-6-5-15-11(18)9-21-13-17-16-12(19(13)14)10-3-7-20-8-4-10/h5-6,10H,2-4,7-9,14H2,1H3. The zero-order chi connectivity index (χ0) is 14.7. The topological polar surface area (TPSA) is 83.8 Å². The molecule has 114 valence electrons. The van der Waals surface area contributed by atoms with Crippen molar-refractivity contribution in [2.45, 2.75) is 43.1 Å².